The van der Waals surface area contributed by atoms with Crippen LogP contribution in [0.3, 0.4) is 0 Å². The standard InChI is InChI=1S/C17H25BrClNO/c1-11(2)10-17(6-4-5-7-17)16(20)13-8-12(19)9-14(18)15(13)21-3/h8-9,11,16H,4-7,10,20H2,1-3H3. The van der Waals surface area contributed by atoms with Crippen molar-refractivity contribution in [1.82, 2.24) is 0 Å². The molecule has 1 aliphatic carbocycles. The first kappa shape index (κ1) is 17.1. The molecule has 1 atom stereocenters. The van der Waals surface area contributed by atoms with Crippen LogP contribution in [0.1, 0.15) is 57.6 Å². The topological polar surface area (TPSA) is 35.2 Å². The Bertz CT molecular complexity index is 498. The molecular formula is C17H25BrClNO. The largest absolute Gasteiger partial charge is 0.495 e. The minimum Gasteiger partial charge on any atom is -0.495 e. The van der Waals surface area contributed by atoms with Gasteiger partial charge in [0, 0.05) is 16.6 Å². The molecule has 0 aliphatic heterocycles. The molecule has 0 aromatic heterocycles. The van der Waals surface area contributed by atoms with Gasteiger partial charge in [0.25, 0.3) is 0 Å². The molecule has 1 aliphatic rings. The smallest absolute Gasteiger partial charge is 0.137 e. The lowest BCUT2D eigenvalue weighted by Crippen LogP contribution is -2.34. The van der Waals surface area contributed by atoms with Crippen molar-refractivity contribution in [3.05, 3.63) is 27.2 Å². The molecule has 0 radical (unpaired) electrons. The lowest BCUT2D eigenvalue weighted by Gasteiger charge is -2.38. The van der Waals surface area contributed by atoms with Gasteiger partial charge in [-0.15, -0.1) is 0 Å². The molecule has 1 aromatic carbocycles. The second kappa shape index (κ2) is 6.89. The van der Waals surface area contributed by atoms with Crippen molar-refractivity contribution in [3.8, 4) is 5.75 Å². The van der Waals surface area contributed by atoms with Crippen LogP contribution in [0.25, 0.3) is 0 Å². The lowest BCUT2D eigenvalue weighted by atomic mass is 9.70. The van der Waals surface area contributed by atoms with E-state index in [4.69, 9.17) is 22.1 Å². The highest BCUT2D eigenvalue weighted by Gasteiger charge is 2.41. The maximum Gasteiger partial charge on any atom is 0.137 e. The van der Waals surface area contributed by atoms with Crippen molar-refractivity contribution >= 4 is 27.5 Å². The number of rotatable bonds is 5. The van der Waals surface area contributed by atoms with Crippen LogP contribution in [0.2, 0.25) is 5.02 Å². The molecule has 1 fully saturated rings. The van der Waals surface area contributed by atoms with Crippen molar-refractivity contribution in [1.29, 1.82) is 0 Å². The molecule has 21 heavy (non-hydrogen) atoms. The van der Waals surface area contributed by atoms with Crippen LogP contribution in [-0.4, -0.2) is 7.11 Å². The molecule has 0 spiro atoms. The second-order valence-corrected chi connectivity index (χ2v) is 7.95. The highest BCUT2D eigenvalue weighted by atomic mass is 79.9. The molecule has 0 saturated heterocycles. The Kier molecular flexibility index (Phi) is 5.61. The Morgan fingerprint density at radius 3 is 2.48 bits per heavy atom. The van der Waals surface area contributed by atoms with E-state index in [0.29, 0.717) is 10.9 Å². The van der Waals surface area contributed by atoms with E-state index >= 15 is 0 Å². The summed E-state index contributed by atoms with van der Waals surface area (Å²) in [5.74, 6) is 1.46. The third-order valence-corrected chi connectivity index (χ3v) is 5.46. The zero-order valence-corrected chi connectivity index (χ0v) is 15.4. The summed E-state index contributed by atoms with van der Waals surface area (Å²) in [5, 5.41) is 0.700. The fraction of sp³-hybridized carbons (Fsp3) is 0.647. The minimum atomic E-state index is -0.0349. The Balaban J connectivity index is 2.44. The molecule has 1 unspecified atom stereocenters. The van der Waals surface area contributed by atoms with E-state index in [-0.39, 0.29) is 11.5 Å². The van der Waals surface area contributed by atoms with Gasteiger partial charge in [-0.25, -0.2) is 0 Å². The number of benzene rings is 1. The highest BCUT2D eigenvalue weighted by molar-refractivity contribution is 9.10. The zero-order valence-electron chi connectivity index (χ0n) is 13.1. The first-order valence-corrected chi connectivity index (χ1v) is 8.85. The van der Waals surface area contributed by atoms with Crippen LogP contribution >= 0.6 is 27.5 Å². The summed E-state index contributed by atoms with van der Waals surface area (Å²) < 4.78 is 6.45. The van der Waals surface area contributed by atoms with Gasteiger partial charge in [-0.1, -0.05) is 38.3 Å². The summed E-state index contributed by atoms with van der Waals surface area (Å²) in [5.41, 5.74) is 7.94. The summed E-state index contributed by atoms with van der Waals surface area (Å²) in [6.45, 7) is 4.55. The van der Waals surface area contributed by atoms with Crippen molar-refractivity contribution in [2.75, 3.05) is 7.11 Å². The molecule has 0 bridgehead atoms. The SMILES string of the molecule is COc1c(Br)cc(Cl)cc1C(N)C1(CC(C)C)CCCC1. The van der Waals surface area contributed by atoms with Gasteiger partial charge in [-0.05, 0) is 58.7 Å². The molecule has 1 saturated carbocycles. The minimum absolute atomic E-state index is 0.0349. The van der Waals surface area contributed by atoms with E-state index < -0.39 is 0 Å². The van der Waals surface area contributed by atoms with Gasteiger partial charge in [0.05, 0.1) is 11.6 Å². The van der Waals surface area contributed by atoms with Crippen molar-refractivity contribution in [2.45, 2.75) is 52.0 Å². The predicted molar refractivity (Wildman–Crippen MR) is 93.0 cm³/mol. The molecule has 4 heteroatoms. The predicted octanol–water partition coefficient (Wildman–Crippen LogP) is 5.72. The summed E-state index contributed by atoms with van der Waals surface area (Å²) in [6, 6.07) is 3.80. The lowest BCUT2D eigenvalue weighted by molar-refractivity contribution is 0.181. The third-order valence-electron chi connectivity index (χ3n) is 4.65. The summed E-state index contributed by atoms with van der Waals surface area (Å²) in [4.78, 5) is 0. The van der Waals surface area contributed by atoms with Crippen molar-refractivity contribution < 1.29 is 4.74 Å². The molecule has 0 amide bonds. The van der Waals surface area contributed by atoms with Gasteiger partial charge in [0.2, 0.25) is 0 Å². The average molecular weight is 375 g/mol. The summed E-state index contributed by atoms with van der Waals surface area (Å²) in [7, 11) is 1.69. The van der Waals surface area contributed by atoms with Gasteiger partial charge < -0.3 is 10.5 Å². The number of hydrogen-bond donors (Lipinski definition) is 1. The number of nitrogens with two attached hydrogens (primary N) is 1. The average Bonchev–Trinajstić information content (AvgIpc) is 2.85. The Morgan fingerprint density at radius 1 is 1.33 bits per heavy atom. The monoisotopic (exact) mass is 373 g/mol. The zero-order chi connectivity index (χ0) is 15.6. The normalized spacial score (nSPS) is 19.0. The number of methoxy groups -OCH3 is 1. The van der Waals surface area contributed by atoms with Gasteiger partial charge >= 0.3 is 0 Å². The van der Waals surface area contributed by atoms with Crippen LogP contribution in [0, 0.1) is 11.3 Å². The first-order valence-electron chi connectivity index (χ1n) is 7.68. The van der Waals surface area contributed by atoms with Crippen LogP contribution in [0.4, 0.5) is 0 Å². The van der Waals surface area contributed by atoms with E-state index in [2.05, 4.69) is 29.8 Å². The fourth-order valence-corrected chi connectivity index (χ4v) is 4.89. The number of ether oxygens (including phenoxy) is 1. The fourth-order valence-electron chi connectivity index (χ4n) is 3.89. The van der Waals surface area contributed by atoms with Gasteiger partial charge in [0.15, 0.2) is 0 Å². The molecule has 2 rings (SSSR count). The van der Waals surface area contributed by atoms with E-state index in [1.54, 1.807) is 7.11 Å². The Morgan fingerprint density at radius 2 is 1.95 bits per heavy atom. The van der Waals surface area contributed by atoms with E-state index in [1.165, 1.54) is 25.7 Å². The van der Waals surface area contributed by atoms with Crippen LogP contribution in [0.5, 0.6) is 5.75 Å². The summed E-state index contributed by atoms with van der Waals surface area (Å²) >= 11 is 9.78. The van der Waals surface area contributed by atoms with Crippen molar-refractivity contribution in [2.24, 2.45) is 17.1 Å². The number of halogens is 2. The third kappa shape index (κ3) is 3.57. The maximum absolute atomic E-state index is 6.74. The molecule has 1 aromatic rings. The van der Waals surface area contributed by atoms with E-state index in [9.17, 15) is 0 Å². The van der Waals surface area contributed by atoms with Crippen molar-refractivity contribution in [3.63, 3.8) is 0 Å². The van der Waals surface area contributed by atoms with Gasteiger partial charge in [-0.3, -0.25) is 0 Å². The molecule has 118 valence electrons. The van der Waals surface area contributed by atoms with Crippen LogP contribution in [-0.2, 0) is 0 Å². The quantitative estimate of drug-likeness (QED) is 0.715. The molecule has 2 N–H and O–H groups in total. The molecule has 2 nitrogen and oxygen atoms in total. The van der Waals surface area contributed by atoms with Crippen LogP contribution < -0.4 is 10.5 Å². The Labute approximate surface area is 141 Å². The van der Waals surface area contributed by atoms with Gasteiger partial charge in [0.1, 0.15) is 5.75 Å². The van der Waals surface area contributed by atoms with E-state index in [0.717, 1.165) is 22.2 Å². The first-order chi connectivity index (χ1) is 9.89. The van der Waals surface area contributed by atoms with E-state index in [1.807, 2.05) is 12.1 Å². The second-order valence-electron chi connectivity index (χ2n) is 6.66. The maximum atomic E-state index is 6.74. The Hall–Kier alpha value is -0.250. The summed E-state index contributed by atoms with van der Waals surface area (Å²) in [6.07, 6.45) is 6.08. The highest BCUT2D eigenvalue weighted by Crippen LogP contribution is 2.53. The number of hydrogen-bond acceptors (Lipinski definition) is 2. The van der Waals surface area contributed by atoms with Gasteiger partial charge in [-0.2, -0.15) is 0 Å². The van der Waals surface area contributed by atoms with Crippen LogP contribution in [0.15, 0.2) is 16.6 Å². The molecular weight excluding hydrogens is 350 g/mol. The molecule has 0 heterocycles.